The largest absolute Gasteiger partial charge is 0.494 e. The maximum atomic E-state index is 11.5. The van der Waals surface area contributed by atoms with Crippen LogP contribution in [0.2, 0.25) is 0 Å². The van der Waals surface area contributed by atoms with Crippen LogP contribution in [0.15, 0.2) is 61.2 Å². The first kappa shape index (κ1) is 21.5. The Morgan fingerprint density at radius 1 is 0.893 bits per heavy atom. The van der Waals surface area contributed by atoms with E-state index in [-0.39, 0.29) is 0 Å². The summed E-state index contributed by atoms with van der Waals surface area (Å²) in [4.78, 5) is 11.5. The molecule has 0 radical (unpaired) electrons. The average molecular weight is 383 g/mol. The number of esters is 1. The van der Waals surface area contributed by atoms with Gasteiger partial charge in [0.2, 0.25) is 0 Å². The lowest BCUT2D eigenvalue weighted by molar-refractivity contribution is -0.154. The monoisotopic (exact) mass is 382 g/mol. The van der Waals surface area contributed by atoms with Crippen molar-refractivity contribution >= 4 is 5.97 Å². The molecular formula is C24H30O4. The molecule has 0 N–H and O–H groups in total. The molecular weight excluding hydrogens is 352 g/mol. The first-order chi connectivity index (χ1) is 13.1. The van der Waals surface area contributed by atoms with E-state index in [1.807, 2.05) is 83.1 Å². The number of rotatable bonds is 9. The average Bonchev–Trinajstić information content (AvgIpc) is 2.61. The van der Waals surface area contributed by atoms with Gasteiger partial charge in [-0.2, -0.15) is 0 Å². The number of carbonyl (C=O) groups excluding carboxylic acids is 1. The van der Waals surface area contributed by atoms with E-state index in [1.54, 1.807) is 0 Å². The molecule has 0 aliphatic rings. The quantitative estimate of drug-likeness (QED) is 0.406. The van der Waals surface area contributed by atoms with Crippen molar-refractivity contribution in [2.45, 2.75) is 52.2 Å². The molecule has 0 aliphatic carbocycles. The summed E-state index contributed by atoms with van der Waals surface area (Å²) in [5.74, 6) is 1.21. The summed E-state index contributed by atoms with van der Waals surface area (Å²) in [5.41, 5.74) is 1.06. The van der Waals surface area contributed by atoms with Crippen molar-refractivity contribution in [1.82, 2.24) is 0 Å². The van der Waals surface area contributed by atoms with Crippen LogP contribution in [0.5, 0.6) is 11.5 Å². The predicted molar refractivity (Wildman–Crippen MR) is 113 cm³/mol. The van der Waals surface area contributed by atoms with E-state index in [0.29, 0.717) is 13.0 Å². The SMILES string of the molecule is C=CC(=O)OC(C)(C)CC(C)(C)Oc1ccc(-c2ccc(OCC)cc2)cc1. The van der Waals surface area contributed by atoms with Gasteiger partial charge in [-0.1, -0.05) is 30.8 Å². The fourth-order valence-electron chi connectivity index (χ4n) is 3.36. The van der Waals surface area contributed by atoms with Crippen LogP contribution in [0.4, 0.5) is 0 Å². The molecule has 0 heterocycles. The molecule has 2 rings (SSSR count). The Balaban J connectivity index is 2.04. The topological polar surface area (TPSA) is 44.8 Å². The highest BCUT2D eigenvalue weighted by Crippen LogP contribution is 2.30. The molecule has 0 bridgehead atoms. The Bertz CT molecular complexity index is 786. The van der Waals surface area contributed by atoms with E-state index in [2.05, 4.69) is 6.58 Å². The van der Waals surface area contributed by atoms with E-state index >= 15 is 0 Å². The Morgan fingerprint density at radius 3 is 1.86 bits per heavy atom. The van der Waals surface area contributed by atoms with E-state index in [0.717, 1.165) is 22.6 Å². The first-order valence-electron chi connectivity index (χ1n) is 9.52. The third-order valence-corrected chi connectivity index (χ3v) is 4.14. The maximum Gasteiger partial charge on any atom is 0.330 e. The van der Waals surface area contributed by atoms with Crippen LogP contribution < -0.4 is 9.47 Å². The van der Waals surface area contributed by atoms with Crippen LogP contribution in [0.25, 0.3) is 11.1 Å². The van der Waals surface area contributed by atoms with Crippen LogP contribution in [0.3, 0.4) is 0 Å². The number of carbonyl (C=O) groups is 1. The molecule has 0 unspecified atom stereocenters. The van der Waals surface area contributed by atoms with Crippen molar-refractivity contribution in [3.8, 4) is 22.6 Å². The van der Waals surface area contributed by atoms with Crippen molar-refractivity contribution in [3.63, 3.8) is 0 Å². The minimum atomic E-state index is -0.656. The molecule has 150 valence electrons. The van der Waals surface area contributed by atoms with Crippen LogP contribution in [-0.2, 0) is 9.53 Å². The van der Waals surface area contributed by atoms with Gasteiger partial charge in [0.1, 0.15) is 22.7 Å². The van der Waals surface area contributed by atoms with E-state index < -0.39 is 17.2 Å². The normalized spacial score (nSPS) is 11.6. The van der Waals surface area contributed by atoms with Crippen LogP contribution in [-0.4, -0.2) is 23.8 Å². The van der Waals surface area contributed by atoms with Gasteiger partial charge in [-0.25, -0.2) is 4.79 Å². The molecule has 0 aliphatic heterocycles. The van der Waals surface area contributed by atoms with Gasteiger partial charge in [0, 0.05) is 12.5 Å². The second kappa shape index (κ2) is 8.96. The minimum absolute atomic E-state index is 0.430. The van der Waals surface area contributed by atoms with Crippen LogP contribution >= 0.6 is 0 Å². The number of hydrogen-bond donors (Lipinski definition) is 0. The van der Waals surface area contributed by atoms with Crippen LogP contribution in [0.1, 0.15) is 41.0 Å². The van der Waals surface area contributed by atoms with Crippen LogP contribution in [0, 0.1) is 0 Å². The molecule has 4 heteroatoms. The Hall–Kier alpha value is -2.75. The summed E-state index contributed by atoms with van der Waals surface area (Å²) < 4.78 is 17.1. The molecule has 28 heavy (non-hydrogen) atoms. The van der Waals surface area contributed by atoms with Gasteiger partial charge in [0.05, 0.1) is 6.61 Å². The molecule has 0 atom stereocenters. The number of hydrogen-bond acceptors (Lipinski definition) is 4. The third kappa shape index (κ3) is 6.45. The van der Waals surface area contributed by atoms with Gasteiger partial charge in [0.25, 0.3) is 0 Å². The smallest absolute Gasteiger partial charge is 0.330 e. The highest BCUT2D eigenvalue weighted by atomic mass is 16.6. The zero-order chi connectivity index (χ0) is 20.8. The lowest BCUT2D eigenvalue weighted by Gasteiger charge is -2.34. The second-order valence-corrected chi connectivity index (χ2v) is 7.91. The highest BCUT2D eigenvalue weighted by Gasteiger charge is 2.33. The molecule has 0 aromatic heterocycles. The third-order valence-electron chi connectivity index (χ3n) is 4.14. The minimum Gasteiger partial charge on any atom is -0.494 e. The summed E-state index contributed by atoms with van der Waals surface area (Å²) in [6, 6.07) is 16.0. The molecule has 2 aromatic rings. The second-order valence-electron chi connectivity index (χ2n) is 7.91. The van der Waals surface area contributed by atoms with Crippen molar-refractivity contribution < 1.29 is 19.0 Å². The molecule has 2 aromatic carbocycles. The molecule has 0 fully saturated rings. The lowest BCUT2D eigenvalue weighted by atomic mass is 9.92. The molecule has 0 saturated carbocycles. The zero-order valence-electron chi connectivity index (χ0n) is 17.5. The van der Waals surface area contributed by atoms with E-state index in [4.69, 9.17) is 14.2 Å². The number of benzene rings is 2. The first-order valence-corrected chi connectivity index (χ1v) is 9.52. The Labute approximate surface area is 168 Å². The van der Waals surface area contributed by atoms with Crippen molar-refractivity contribution in [3.05, 3.63) is 61.2 Å². The summed E-state index contributed by atoms with van der Waals surface area (Å²) >= 11 is 0. The van der Waals surface area contributed by atoms with Gasteiger partial charge in [-0.05, 0) is 70.0 Å². The van der Waals surface area contributed by atoms with E-state index in [1.165, 1.54) is 6.08 Å². The molecule has 0 saturated heterocycles. The molecule has 0 spiro atoms. The summed E-state index contributed by atoms with van der Waals surface area (Å²) in [5, 5.41) is 0. The highest BCUT2D eigenvalue weighted by molar-refractivity contribution is 5.81. The van der Waals surface area contributed by atoms with Gasteiger partial charge >= 0.3 is 5.97 Å². The summed E-state index contributed by atoms with van der Waals surface area (Å²) in [6.45, 7) is 13.8. The fourth-order valence-corrected chi connectivity index (χ4v) is 3.36. The number of ether oxygens (including phenoxy) is 3. The lowest BCUT2D eigenvalue weighted by Crippen LogP contribution is -2.40. The molecule has 4 nitrogen and oxygen atoms in total. The zero-order valence-corrected chi connectivity index (χ0v) is 17.5. The summed E-state index contributed by atoms with van der Waals surface area (Å²) in [7, 11) is 0. The Morgan fingerprint density at radius 2 is 1.39 bits per heavy atom. The van der Waals surface area contributed by atoms with E-state index in [9.17, 15) is 4.79 Å². The van der Waals surface area contributed by atoms with Crippen molar-refractivity contribution in [2.75, 3.05) is 6.61 Å². The van der Waals surface area contributed by atoms with Gasteiger partial charge < -0.3 is 14.2 Å². The fraction of sp³-hybridized carbons (Fsp3) is 0.375. The predicted octanol–water partition coefficient (Wildman–Crippen LogP) is 5.81. The van der Waals surface area contributed by atoms with Crippen molar-refractivity contribution in [2.24, 2.45) is 0 Å². The van der Waals surface area contributed by atoms with Crippen molar-refractivity contribution in [1.29, 1.82) is 0 Å². The van der Waals surface area contributed by atoms with Gasteiger partial charge in [-0.15, -0.1) is 0 Å². The van der Waals surface area contributed by atoms with Gasteiger partial charge in [0.15, 0.2) is 0 Å². The Kier molecular flexibility index (Phi) is 6.90. The van der Waals surface area contributed by atoms with Gasteiger partial charge in [-0.3, -0.25) is 0 Å². The standard InChI is InChI=1S/C24H30O4/c1-7-22(25)28-24(5,6)17-23(3,4)27-21-15-11-19(12-16-21)18-9-13-20(14-10-18)26-8-2/h7,9-16H,1,8,17H2,2-6H3. The molecule has 0 amide bonds. The summed E-state index contributed by atoms with van der Waals surface area (Å²) in [6.07, 6.45) is 1.72. The maximum absolute atomic E-state index is 11.5.